The van der Waals surface area contributed by atoms with Gasteiger partial charge < -0.3 is 19.4 Å². The second-order valence-electron chi connectivity index (χ2n) is 6.86. The third kappa shape index (κ3) is 4.59. The van der Waals surface area contributed by atoms with Crippen LogP contribution in [-0.4, -0.2) is 85.4 Å². The Balaban J connectivity index is 1.52. The fourth-order valence-corrected chi connectivity index (χ4v) is 3.74. The number of likely N-dealkylation sites (tertiary alicyclic amines) is 1. The van der Waals surface area contributed by atoms with Gasteiger partial charge >= 0.3 is 0 Å². The largest absolute Gasteiger partial charge is 0.383 e. The van der Waals surface area contributed by atoms with Crippen molar-refractivity contribution in [3.05, 3.63) is 34.9 Å². The Kier molecular flexibility index (Phi) is 6.34. The summed E-state index contributed by atoms with van der Waals surface area (Å²) in [5.41, 5.74) is 0.553. The summed E-state index contributed by atoms with van der Waals surface area (Å²) in [6.45, 7) is 3.35. The Labute approximate surface area is 163 Å². The summed E-state index contributed by atoms with van der Waals surface area (Å²) in [5, 5.41) is 0.526. The van der Waals surface area contributed by atoms with E-state index >= 15 is 0 Å². The highest BCUT2D eigenvalue weighted by Gasteiger charge is 2.37. The molecule has 3 rings (SSSR count). The summed E-state index contributed by atoms with van der Waals surface area (Å²) in [7, 11) is 1.59. The molecular weight excluding hydrogens is 370 g/mol. The number of nitrogens with zero attached hydrogens (tertiary/aromatic N) is 3. The van der Waals surface area contributed by atoms with Crippen molar-refractivity contribution < 1.29 is 19.1 Å². The number of carbonyl (C=O) groups is 3. The molecule has 0 N–H and O–H groups in total. The molecule has 0 saturated carbocycles. The van der Waals surface area contributed by atoms with Crippen LogP contribution < -0.4 is 0 Å². The summed E-state index contributed by atoms with van der Waals surface area (Å²) in [6, 6.07) is 6.88. The minimum atomic E-state index is -0.301. The number of halogens is 1. The lowest BCUT2D eigenvalue weighted by molar-refractivity contribution is -0.137. The van der Waals surface area contributed by atoms with Crippen LogP contribution in [0.2, 0.25) is 5.02 Å². The van der Waals surface area contributed by atoms with Crippen molar-refractivity contribution in [2.45, 2.75) is 6.42 Å². The first-order valence-corrected chi connectivity index (χ1v) is 9.47. The van der Waals surface area contributed by atoms with Gasteiger partial charge in [-0.05, 0) is 18.2 Å². The Morgan fingerprint density at radius 2 is 1.89 bits per heavy atom. The fourth-order valence-electron chi connectivity index (χ4n) is 3.55. The number of ether oxygens (including phenoxy) is 1. The molecule has 2 heterocycles. The number of amides is 3. The molecule has 2 saturated heterocycles. The van der Waals surface area contributed by atoms with Crippen LogP contribution in [0, 0.1) is 5.92 Å². The molecule has 1 atom stereocenters. The molecule has 1 aromatic carbocycles. The van der Waals surface area contributed by atoms with E-state index in [4.69, 9.17) is 16.3 Å². The molecule has 8 heteroatoms. The first-order chi connectivity index (χ1) is 13.0. The molecule has 146 valence electrons. The minimum absolute atomic E-state index is 0.000157. The predicted octanol–water partition coefficient (Wildman–Crippen LogP) is 1.12. The number of piperazine rings is 1. The molecule has 3 amide bonds. The van der Waals surface area contributed by atoms with Crippen molar-refractivity contribution in [1.29, 1.82) is 0 Å². The molecule has 2 fully saturated rings. The number of benzene rings is 1. The molecule has 0 bridgehead atoms. The average molecular weight is 394 g/mol. The number of hydrogen-bond donors (Lipinski definition) is 0. The number of methoxy groups -OCH3 is 1. The second-order valence-corrected chi connectivity index (χ2v) is 7.30. The lowest BCUT2D eigenvalue weighted by Crippen LogP contribution is -2.52. The van der Waals surface area contributed by atoms with Crippen LogP contribution in [0.15, 0.2) is 24.3 Å². The maximum absolute atomic E-state index is 12.8. The average Bonchev–Trinajstić information content (AvgIpc) is 3.06. The quantitative estimate of drug-likeness (QED) is 0.751. The zero-order valence-electron chi connectivity index (χ0n) is 15.4. The Bertz CT molecular complexity index is 719. The van der Waals surface area contributed by atoms with Crippen molar-refractivity contribution in [3.63, 3.8) is 0 Å². The summed E-state index contributed by atoms with van der Waals surface area (Å²) < 4.78 is 5.01. The highest BCUT2D eigenvalue weighted by atomic mass is 35.5. The van der Waals surface area contributed by atoms with Gasteiger partial charge in [-0.2, -0.15) is 0 Å². The molecule has 0 aromatic heterocycles. The van der Waals surface area contributed by atoms with E-state index in [2.05, 4.69) is 0 Å². The maximum atomic E-state index is 12.8. The van der Waals surface area contributed by atoms with E-state index in [1.165, 1.54) is 0 Å². The number of hydrogen-bond acceptors (Lipinski definition) is 4. The highest BCUT2D eigenvalue weighted by Crippen LogP contribution is 2.21. The molecular formula is C19H24ClN3O4. The van der Waals surface area contributed by atoms with Crippen molar-refractivity contribution in [2.75, 3.05) is 53.0 Å². The molecule has 1 unspecified atom stereocenters. The first-order valence-electron chi connectivity index (χ1n) is 9.10. The van der Waals surface area contributed by atoms with Crippen molar-refractivity contribution in [1.82, 2.24) is 14.7 Å². The standard InChI is InChI=1S/C19H24ClN3O4/c1-27-10-9-23-13-15(12-17(23)24)19(26)22-7-5-21(6-8-22)18(25)14-3-2-4-16(20)11-14/h2-4,11,15H,5-10,12-13H2,1H3. The fraction of sp³-hybridized carbons (Fsp3) is 0.526. The van der Waals surface area contributed by atoms with Gasteiger partial charge in [0.15, 0.2) is 0 Å². The number of carbonyl (C=O) groups excluding carboxylic acids is 3. The lowest BCUT2D eigenvalue weighted by atomic mass is 10.1. The molecule has 7 nitrogen and oxygen atoms in total. The SMILES string of the molecule is COCCN1CC(C(=O)N2CCN(C(=O)c3cccc(Cl)c3)CC2)CC1=O. The van der Waals surface area contributed by atoms with E-state index < -0.39 is 0 Å². The molecule has 1 aromatic rings. The van der Waals surface area contributed by atoms with Crippen LogP contribution in [0.5, 0.6) is 0 Å². The van der Waals surface area contributed by atoms with E-state index in [9.17, 15) is 14.4 Å². The third-order valence-electron chi connectivity index (χ3n) is 5.08. The minimum Gasteiger partial charge on any atom is -0.383 e. The monoisotopic (exact) mass is 393 g/mol. The smallest absolute Gasteiger partial charge is 0.254 e. The van der Waals surface area contributed by atoms with Crippen molar-refractivity contribution in [3.8, 4) is 0 Å². The van der Waals surface area contributed by atoms with E-state index in [1.807, 2.05) is 0 Å². The normalized spacial score (nSPS) is 20.3. The third-order valence-corrected chi connectivity index (χ3v) is 5.31. The molecule has 0 aliphatic carbocycles. The van der Waals surface area contributed by atoms with Gasteiger partial charge in [0.05, 0.1) is 12.5 Å². The van der Waals surface area contributed by atoms with Gasteiger partial charge in [0.1, 0.15) is 0 Å². The van der Waals surface area contributed by atoms with Crippen LogP contribution in [0.3, 0.4) is 0 Å². The van der Waals surface area contributed by atoms with E-state index in [1.54, 1.807) is 46.1 Å². The molecule has 0 radical (unpaired) electrons. The zero-order valence-corrected chi connectivity index (χ0v) is 16.2. The van der Waals surface area contributed by atoms with Crippen LogP contribution in [0.25, 0.3) is 0 Å². The molecule has 2 aliphatic rings. The topological polar surface area (TPSA) is 70.2 Å². The Morgan fingerprint density at radius 1 is 1.19 bits per heavy atom. The van der Waals surface area contributed by atoms with Crippen LogP contribution in [0.1, 0.15) is 16.8 Å². The predicted molar refractivity (Wildman–Crippen MR) is 100 cm³/mol. The summed E-state index contributed by atoms with van der Waals surface area (Å²) in [4.78, 5) is 42.5. The van der Waals surface area contributed by atoms with Crippen LogP contribution in [-0.2, 0) is 14.3 Å². The van der Waals surface area contributed by atoms with E-state index in [0.717, 1.165) is 0 Å². The van der Waals surface area contributed by atoms with Crippen molar-refractivity contribution >= 4 is 29.3 Å². The highest BCUT2D eigenvalue weighted by molar-refractivity contribution is 6.30. The second kappa shape index (κ2) is 8.71. The summed E-state index contributed by atoms with van der Waals surface area (Å²) in [5.74, 6) is -0.380. The Hall–Kier alpha value is -2.12. The molecule has 2 aliphatic heterocycles. The van der Waals surface area contributed by atoms with Gasteiger partial charge in [0.25, 0.3) is 5.91 Å². The number of rotatable bonds is 5. The lowest BCUT2D eigenvalue weighted by Gasteiger charge is -2.36. The molecule has 27 heavy (non-hydrogen) atoms. The molecule has 0 spiro atoms. The Morgan fingerprint density at radius 3 is 2.56 bits per heavy atom. The van der Waals surface area contributed by atoms with Gasteiger partial charge in [-0.3, -0.25) is 14.4 Å². The van der Waals surface area contributed by atoms with Crippen LogP contribution in [0.4, 0.5) is 0 Å². The van der Waals surface area contributed by atoms with E-state index in [0.29, 0.717) is 56.5 Å². The maximum Gasteiger partial charge on any atom is 0.254 e. The first kappa shape index (κ1) is 19.6. The van der Waals surface area contributed by atoms with Gasteiger partial charge in [-0.1, -0.05) is 17.7 Å². The zero-order chi connectivity index (χ0) is 19.4. The van der Waals surface area contributed by atoms with Gasteiger partial charge in [-0.25, -0.2) is 0 Å². The van der Waals surface area contributed by atoms with Gasteiger partial charge in [0, 0.05) is 63.4 Å². The van der Waals surface area contributed by atoms with Gasteiger partial charge in [0.2, 0.25) is 11.8 Å². The van der Waals surface area contributed by atoms with E-state index in [-0.39, 0.29) is 30.1 Å². The van der Waals surface area contributed by atoms with Crippen molar-refractivity contribution in [2.24, 2.45) is 5.92 Å². The summed E-state index contributed by atoms with van der Waals surface area (Å²) >= 11 is 5.96. The van der Waals surface area contributed by atoms with Gasteiger partial charge in [-0.15, -0.1) is 0 Å². The summed E-state index contributed by atoms with van der Waals surface area (Å²) in [6.07, 6.45) is 0.254. The van der Waals surface area contributed by atoms with Crippen LogP contribution >= 0.6 is 11.6 Å².